The summed E-state index contributed by atoms with van der Waals surface area (Å²) in [6.45, 7) is 6.45. The number of rotatable bonds is 4. The zero-order chi connectivity index (χ0) is 11.5. The minimum Gasteiger partial charge on any atom is -0.330 e. The van der Waals surface area contributed by atoms with E-state index in [0.29, 0.717) is 6.54 Å². The van der Waals surface area contributed by atoms with Crippen molar-refractivity contribution in [3.63, 3.8) is 0 Å². The maximum Gasteiger partial charge on any atom is 0.168 e. The molecule has 0 aromatic heterocycles. The van der Waals surface area contributed by atoms with Crippen molar-refractivity contribution in [2.24, 2.45) is 11.1 Å². The average Bonchev–Trinajstić information content (AvgIpc) is 2.18. The molecular weight excluding hydrogens is 186 g/mol. The molecule has 0 aliphatic heterocycles. The number of benzene rings is 1. The number of hydrogen-bond acceptors (Lipinski definition) is 2. The topological polar surface area (TPSA) is 43.1 Å². The van der Waals surface area contributed by atoms with E-state index in [2.05, 4.69) is 0 Å². The zero-order valence-electron chi connectivity index (χ0n) is 9.71. The van der Waals surface area contributed by atoms with E-state index < -0.39 is 0 Å². The molecule has 0 heterocycles. The van der Waals surface area contributed by atoms with Gasteiger partial charge in [-0.15, -0.1) is 0 Å². The van der Waals surface area contributed by atoms with Crippen LogP contribution in [-0.2, 0) is 0 Å². The van der Waals surface area contributed by atoms with E-state index in [4.69, 9.17) is 5.73 Å². The summed E-state index contributed by atoms with van der Waals surface area (Å²) < 4.78 is 0. The Bertz CT molecular complexity index is 338. The van der Waals surface area contributed by atoms with E-state index in [9.17, 15) is 4.79 Å². The van der Waals surface area contributed by atoms with Crippen LogP contribution in [0.3, 0.4) is 0 Å². The molecule has 0 amide bonds. The summed E-state index contributed by atoms with van der Waals surface area (Å²) in [5.41, 5.74) is 7.09. The Kier molecular flexibility index (Phi) is 3.64. The van der Waals surface area contributed by atoms with Gasteiger partial charge in [0.1, 0.15) is 0 Å². The molecule has 1 rings (SSSR count). The molecule has 2 nitrogen and oxygen atoms in total. The fraction of sp³-hybridized carbons (Fsp3) is 0.462. The molecule has 1 aromatic rings. The van der Waals surface area contributed by atoms with Crippen LogP contribution in [0, 0.1) is 12.3 Å². The monoisotopic (exact) mass is 205 g/mol. The Morgan fingerprint density at radius 1 is 1.27 bits per heavy atom. The molecule has 2 heteroatoms. The molecule has 0 fully saturated rings. The molecule has 15 heavy (non-hydrogen) atoms. The van der Waals surface area contributed by atoms with Crippen LogP contribution in [0.4, 0.5) is 0 Å². The lowest BCUT2D eigenvalue weighted by Gasteiger charge is -2.22. The molecular formula is C13H19NO. The molecule has 1 aromatic carbocycles. The molecule has 0 unspecified atom stereocenters. The molecule has 0 saturated heterocycles. The van der Waals surface area contributed by atoms with Crippen molar-refractivity contribution in [1.29, 1.82) is 0 Å². The van der Waals surface area contributed by atoms with Crippen LogP contribution in [0.2, 0.25) is 0 Å². The average molecular weight is 205 g/mol. The van der Waals surface area contributed by atoms with Crippen LogP contribution >= 0.6 is 0 Å². The summed E-state index contributed by atoms with van der Waals surface area (Å²) in [7, 11) is 0. The lowest BCUT2D eigenvalue weighted by Crippen LogP contribution is -2.27. The number of ketones is 1. The van der Waals surface area contributed by atoms with Crippen molar-refractivity contribution in [3.8, 4) is 0 Å². The lowest BCUT2D eigenvalue weighted by molar-refractivity contribution is 0.0829. The summed E-state index contributed by atoms with van der Waals surface area (Å²) >= 11 is 0. The smallest absolute Gasteiger partial charge is 0.168 e. The third-order valence-electron chi connectivity index (χ3n) is 2.70. The first-order valence-electron chi connectivity index (χ1n) is 5.29. The summed E-state index contributed by atoms with van der Waals surface area (Å²) in [4.78, 5) is 12.1. The van der Waals surface area contributed by atoms with Gasteiger partial charge in [0.05, 0.1) is 0 Å². The number of carbonyl (C=O) groups is 1. The van der Waals surface area contributed by atoms with Gasteiger partial charge in [0, 0.05) is 11.0 Å². The number of hydrogen-bond donors (Lipinski definition) is 1. The summed E-state index contributed by atoms with van der Waals surface area (Å²) in [5, 5.41) is 0. The van der Waals surface area contributed by atoms with Gasteiger partial charge in [-0.2, -0.15) is 0 Å². The lowest BCUT2D eigenvalue weighted by atomic mass is 9.81. The fourth-order valence-electron chi connectivity index (χ4n) is 1.57. The Balaban J connectivity index is 2.89. The number of Topliss-reactive ketones (excluding diaryl/α,β-unsaturated/α-hetero) is 1. The first-order valence-corrected chi connectivity index (χ1v) is 5.29. The highest BCUT2D eigenvalue weighted by molar-refractivity contribution is 6.00. The minimum atomic E-state index is -0.357. The molecule has 0 spiro atoms. The Hall–Kier alpha value is -1.15. The molecule has 2 N–H and O–H groups in total. The quantitative estimate of drug-likeness (QED) is 0.768. The van der Waals surface area contributed by atoms with Gasteiger partial charge in [-0.25, -0.2) is 0 Å². The van der Waals surface area contributed by atoms with Crippen molar-refractivity contribution in [3.05, 3.63) is 35.4 Å². The first kappa shape index (κ1) is 11.9. The van der Waals surface area contributed by atoms with Crippen LogP contribution in [-0.4, -0.2) is 12.3 Å². The maximum absolute atomic E-state index is 12.1. The van der Waals surface area contributed by atoms with Crippen molar-refractivity contribution in [1.82, 2.24) is 0 Å². The normalized spacial score (nSPS) is 11.5. The van der Waals surface area contributed by atoms with E-state index in [0.717, 1.165) is 12.0 Å². The molecule has 82 valence electrons. The van der Waals surface area contributed by atoms with E-state index in [1.807, 2.05) is 45.0 Å². The van der Waals surface area contributed by atoms with Crippen molar-refractivity contribution < 1.29 is 4.79 Å². The van der Waals surface area contributed by atoms with E-state index >= 15 is 0 Å². The third-order valence-corrected chi connectivity index (χ3v) is 2.70. The Morgan fingerprint density at radius 2 is 1.80 bits per heavy atom. The number of aryl methyl sites for hydroxylation is 1. The van der Waals surface area contributed by atoms with Gasteiger partial charge < -0.3 is 5.73 Å². The summed E-state index contributed by atoms with van der Waals surface area (Å²) in [6, 6.07) is 7.70. The van der Waals surface area contributed by atoms with E-state index in [1.165, 1.54) is 5.56 Å². The van der Waals surface area contributed by atoms with Gasteiger partial charge >= 0.3 is 0 Å². The van der Waals surface area contributed by atoms with E-state index in [1.54, 1.807) is 0 Å². The van der Waals surface area contributed by atoms with Crippen molar-refractivity contribution in [2.75, 3.05) is 6.54 Å². The second-order valence-corrected chi connectivity index (χ2v) is 4.62. The largest absolute Gasteiger partial charge is 0.330 e. The van der Waals surface area contributed by atoms with Crippen LogP contribution in [0.1, 0.15) is 36.2 Å². The van der Waals surface area contributed by atoms with Crippen molar-refractivity contribution >= 4 is 5.78 Å². The second-order valence-electron chi connectivity index (χ2n) is 4.62. The molecule has 0 aliphatic rings. The molecule has 0 bridgehead atoms. The molecule has 0 radical (unpaired) electrons. The van der Waals surface area contributed by atoms with Gasteiger partial charge in [0.15, 0.2) is 5.78 Å². The number of nitrogens with two attached hydrogens (primary N) is 1. The summed E-state index contributed by atoms with van der Waals surface area (Å²) in [6.07, 6.45) is 0.722. The molecule has 0 atom stereocenters. The highest BCUT2D eigenvalue weighted by Gasteiger charge is 2.27. The highest BCUT2D eigenvalue weighted by atomic mass is 16.1. The predicted molar refractivity (Wildman–Crippen MR) is 63.0 cm³/mol. The Morgan fingerprint density at radius 3 is 2.27 bits per heavy atom. The van der Waals surface area contributed by atoms with Gasteiger partial charge in [-0.3, -0.25) is 4.79 Å². The Labute approximate surface area is 91.5 Å². The van der Waals surface area contributed by atoms with Gasteiger partial charge in [-0.05, 0) is 19.9 Å². The van der Waals surface area contributed by atoms with E-state index in [-0.39, 0.29) is 11.2 Å². The highest BCUT2D eigenvalue weighted by Crippen LogP contribution is 2.25. The van der Waals surface area contributed by atoms with Crippen LogP contribution in [0.25, 0.3) is 0 Å². The third kappa shape index (κ3) is 2.90. The SMILES string of the molecule is Cc1ccc(C(=O)C(C)(C)CCN)cc1. The predicted octanol–water partition coefficient (Wildman–Crippen LogP) is 2.55. The number of carbonyl (C=O) groups excluding carboxylic acids is 1. The zero-order valence-corrected chi connectivity index (χ0v) is 9.71. The van der Waals surface area contributed by atoms with Gasteiger partial charge in [0.25, 0.3) is 0 Å². The maximum atomic E-state index is 12.1. The molecule has 0 saturated carbocycles. The van der Waals surface area contributed by atoms with Crippen LogP contribution in [0.15, 0.2) is 24.3 Å². The van der Waals surface area contributed by atoms with Gasteiger partial charge in [0.2, 0.25) is 0 Å². The minimum absolute atomic E-state index is 0.174. The fourth-order valence-corrected chi connectivity index (χ4v) is 1.57. The van der Waals surface area contributed by atoms with Gasteiger partial charge in [-0.1, -0.05) is 43.7 Å². The van der Waals surface area contributed by atoms with Crippen LogP contribution in [0.5, 0.6) is 0 Å². The van der Waals surface area contributed by atoms with Crippen molar-refractivity contribution in [2.45, 2.75) is 27.2 Å². The second kappa shape index (κ2) is 4.58. The first-order chi connectivity index (χ1) is 6.97. The van der Waals surface area contributed by atoms with Crippen LogP contribution < -0.4 is 5.73 Å². The molecule has 0 aliphatic carbocycles. The summed E-state index contributed by atoms with van der Waals surface area (Å²) in [5.74, 6) is 0.174. The standard InChI is InChI=1S/C13H19NO/c1-10-4-6-11(7-5-10)12(15)13(2,3)8-9-14/h4-7H,8-9,14H2,1-3H3.